The zero-order valence-electron chi connectivity index (χ0n) is 11.9. The van der Waals surface area contributed by atoms with E-state index in [4.69, 9.17) is 5.73 Å². The fourth-order valence-electron chi connectivity index (χ4n) is 2.21. The summed E-state index contributed by atoms with van der Waals surface area (Å²) in [5, 5.41) is 6.58. The molecule has 1 heterocycles. The maximum Gasteiger partial charge on any atom is 0.363 e. The number of H-pyrrole nitrogens is 1. The first-order chi connectivity index (χ1) is 9.97. The van der Waals surface area contributed by atoms with E-state index in [9.17, 15) is 14.4 Å². The van der Waals surface area contributed by atoms with Gasteiger partial charge >= 0.3 is 5.69 Å². The normalized spacial score (nSPS) is 17.2. The van der Waals surface area contributed by atoms with Gasteiger partial charge in [0.2, 0.25) is 5.82 Å². The molecule has 0 aromatic carbocycles. The van der Waals surface area contributed by atoms with Gasteiger partial charge in [-0.1, -0.05) is 19.3 Å². The Balaban J connectivity index is 2.01. The molecule has 1 saturated carbocycles. The van der Waals surface area contributed by atoms with Gasteiger partial charge in [0.1, 0.15) is 0 Å². The van der Waals surface area contributed by atoms with Crippen LogP contribution in [0.4, 0.5) is 0 Å². The smallest absolute Gasteiger partial charge is 0.347 e. The lowest BCUT2D eigenvalue weighted by molar-refractivity contribution is -0.118. The van der Waals surface area contributed by atoms with E-state index in [0.29, 0.717) is 4.79 Å². The number of carbonyl (C=O) groups excluding carboxylic acids is 2. The number of nitrogens with one attached hydrogen (secondary N) is 3. The quantitative estimate of drug-likeness (QED) is 0.568. The van der Waals surface area contributed by atoms with Crippen molar-refractivity contribution >= 4 is 11.8 Å². The van der Waals surface area contributed by atoms with E-state index in [2.05, 4.69) is 20.8 Å². The first-order valence-electron chi connectivity index (χ1n) is 7.04. The Labute approximate surface area is 121 Å². The Bertz CT molecular complexity index is 570. The third-order valence-electron chi connectivity index (χ3n) is 3.40. The zero-order chi connectivity index (χ0) is 15.4. The first kappa shape index (κ1) is 15.2. The molecule has 0 aliphatic heterocycles. The summed E-state index contributed by atoms with van der Waals surface area (Å²) >= 11 is 0. The van der Waals surface area contributed by atoms with Crippen molar-refractivity contribution in [1.29, 1.82) is 0 Å². The summed E-state index contributed by atoms with van der Waals surface area (Å²) in [6, 6.07) is -0.674. The Kier molecular flexibility index (Phi) is 4.73. The summed E-state index contributed by atoms with van der Waals surface area (Å²) in [6.45, 7) is 1.48. The largest absolute Gasteiger partial charge is 0.363 e. The highest BCUT2D eigenvalue weighted by Crippen LogP contribution is 2.17. The van der Waals surface area contributed by atoms with Gasteiger partial charge in [-0.25, -0.2) is 10.2 Å². The summed E-state index contributed by atoms with van der Waals surface area (Å²) in [5.41, 5.74) is 6.89. The van der Waals surface area contributed by atoms with Gasteiger partial charge in [-0.2, -0.15) is 0 Å². The minimum atomic E-state index is -0.784. The molecule has 116 valence electrons. The molecule has 1 unspecified atom stereocenters. The van der Waals surface area contributed by atoms with E-state index >= 15 is 0 Å². The second-order valence-corrected chi connectivity index (χ2v) is 5.26. The van der Waals surface area contributed by atoms with Gasteiger partial charge in [0, 0.05) is 6.04 Å². The highest BCUT2D eigenvalue weighted by molar-refractivity contribution is 5.91. The molecule has 1 atom stereocenters. The average Bonchev–Trinajstić information content (AvgIpc) is 2.81. The molecular weight excluding hydrogens is 276 g/mol. The lowest BCUT2D eigenvalue weighted by Gasteiger charge is -2.21. The highest BCUT2D eigenvalue weighted by atomic mass is 16.2. The fourth-order valence-corrected chi connectivity index (χ4v) is 2.21. The van der Waals surface area contributed by atoms with Crippen LogP contribution in [0.25, 0.3) is 0 Å². The van der Waals surface area contributed by atoms with Crippen LogP contribution in [-0.4, -0.2) is 38.8 Å². The second-order valence-electron chi connectivity index (χ2n) is 5.26. The number of nitrogens with two attached hydrogens (primary N) is 1. The standard InChI is InChI=1S/C12H20N6O3/c1-7(13)10(19)17-18-12(21)15-9(16-18)11(20)14-8-5-3-2-4-6-8/h7-8H,2-6,13H2,1H3,(H,14,20)(H,17,19)(H,15,16,21). The molecule has 0 radical (unpaired) electrons. The van der Waals surface area contributed by atoms with Gasteiger partial charge in [0.15, 0.2) is 0 Å². The van der Waals surface area contributed by atoms with Gasteiger partial charge in [0.05, 0.1) is 6.04 Å². The predicted octanol–water partition coefficient (Wildman–Crippen LogP) is -0.949. The number of rotatable bonds is 4. The van der Waals surface area contributed by atoms with Crippen molar-refractivity contribution in [1.82, 2.24) is 20.2 Å². The molecule has 1 aliphatic rings. The Morgan fingerprint density at radius 2 is 2.05 bits per heavy atom. The molecule has 9 heteroatoms. The van der Waals surface area contributed by atoms with Crippen LogP contribution >= 0.6 is 0 Å². The van der Waals surface area contributed by atoms with E-state index in [0.717, 1.165) is 25.7 Å². The number of hydrogen-bond donors (Lipinski definition) is 4. The molecule has 2 rings (SSSR count). The minimum Gasteiger partial charge on any atom is -0.347 e. The number of carbonyl (C=O) groups is 2. The molecule has 9 nitrogen and oxygen atoms in total. The lowest BCUT2D eigenvalue weighted by Crippen LogP contribution is -2.41. The molecule has 1 fully saturated rings. The van der Waals surface area contributed by atoms with Gasteiger partial charge in [-0.05, 0) is 19.8 Å². The maximum absolute atomic E-state index is 12.0. The minimum absolute atomic E-state index is 0.110. The van der Waals surface area contributed by atoms with E-state index in [-0.39, 0.29) is 11.9 Å². The molecule has 5 N–H and O–H groups in total. The molecule has 0 bridgehead atoms. The molecule has 21 heavy (non-hydrogen) atoms. The van der Waals surface area contributed by atoms with Crippen LogP contribution < -0.4 is 22.2 Å². The van der Waals surface area contributed by atoms with Crippen molar-refractivity contribution in [3.8, 4) is 0 Å². The van der Waals surface area contributed by atoms with Crippen LogP contribution in [0.15, 0.2) is 4.79 Å². The van der Waals surface area contributed by atoms with Gasteiger partial charge in [-0.3, -0.25) is 14.6 Å². The first-order valence-corrected chi connectivity index (χ1v) is 7.04. The summed E-state index contributed by atoms with van der Waals surface area (Å²) in [6.07, 6.45) is 5.21. The van der Waals surface area contributed by atoms with E-state index in [1.165, 1.54) is 13.3 Å². The molecule has 1 aliphatic carbocycles. The molecule has 0 spiro atoms. The van der Waals surface area contributed by atoms with Crippen molar-refractivity contribution in [3.05, 3.63) is 16.3 Å². The predicted molar refractivity (Wildman–Crippen MR) is 75.2 cm³/mol. The molecule has 0 saturated heterocycles. The summed E-state index contributed by atoms with van der Waals surface area (Å²) < 4.78 is 0. The van der Waals surface area contributed by atoms with Crippen molar-refractivity contribution in [2.75, 3.05) is 5.43 Å². The molecule has 2 amide bonds. The zero-order valence-corrected chi connectivity index (χ0v) is 11.9. The van der Waals surface area contributed by atoms with Gasteiger partial charge < -0.3 is 11.1 Å². The van der Waals surface area contributed by atoms with Crippen LogP contribution in [0.2, 0.25) is 0 Å². The van der Waals surface area contributed by atoms with Crippen LogP contribution in [0.3, 0.4) is 0 Å². The number of hydrogen-bond acceptors (Lipinski definition) is 5. The summed E-state index contributed by atoms with van der Waals surface area (Å²) in [4.78, 5) is 38.0. The van der Waals surface area contributed by atoms with E-state index in [1.807, 2.05) is 0 Å². The lowest BCUT2D eigenvalue weighted by atomic mass is 9.95. The molecule has 1 aromatic rings. The number of nitrogens with zero attached hydrogens (tertiary/aromatic N) is 2. The van der Waals surface area contributed by atoms with Crippen LogP contribution in [0.1, 0.15) is 49.6 Å². The number of amides is 2. The molecule has 1 aromatic heterocycles. The maximum atomic E-state index is 12.0. The second kappa shape index (κ2) is 6.53. The Hall–Kier alpha value is -2.16. The van der Waals surface area contributed by atoms with Crippen molar-refractivity contribution in [2.24, 2.45) is 5.73 Å². The fraction of sp³-hybridized carbons (Fsp3) is 0.667. The van der Waals surface area contributed by atoms with Crippen LogP contribution in [-0.2, 0) is 4.79 Å². The van der Waals surface area contributed by atoms with Crippen molar-refractivity contribution in [2.45, 2.75) is 51.1 Å². The Morgan fingerprint density at radius 1 is 1.38 bits per heavy atom. The molecular formula is C12H20N6O3. The topological polar surface area (TPSA) is 135 Å². The summed E-state index contributed by atoms with van der Waals surface area (Å²) in [7, 11) is 0. The van der Waals surface area contributed by atoms with E-state index in [1.54, 1.807) is 0 Å². The van der Waals surface area contributed by atoms with Crippen molar-refractivity contribution < 1.29 is 9.59 Å². The average molecular weight is 296 g/mol. The third-order valence-corrected chi connectivity index (χ3v) is 3.40. The van der Waals surface area contributed by atoms with Gasteiger partial charge in [0.25, 0.3) is 11.8 Å². The van der Waals surface area contributed by atoms with Gasteiger partial charge in [-0.15, -0.1) is 9.89 Å². The third kappa shape index (κ3) is 3.91. The summed E-state index contributed by atoms with van der Waals surface area (Å²) in [5.74, 6) is -1.15. The van der Waals surface area contributed by atoms with Crippen molar-refractivity contribution in [3.63, 3.8) is 0 Å². The SMILES string of the molecule is CC(N)C(=O)Nn1nc(C(=O)NC2CCCCC2)[nH]c1=O. The monoisotopic (exact) mass is 296 g/mol. The van der Waals surface area contributed by atoms with E-state index < -0.39 is 23.5 Å². The van der Waals surface area contributed by atoms with Crippen LogP contribution in [0, 0.1) is 0 Å². The highest BCUT2D eigenvalue weighted by Gasteiger charge is 2.20. The number of aromatic amines is 1. The number of aromatic nitrogens is 3. The van der Waals surface area contributed by atoms with Crippen LogP contribution in [0.5, 0.6) is 0 Å². The Morgan fingerprint density at radius 3 is 2.67 bits per heavy atom.